The van der Waals surface area contributed by atoms with E-state index in [0.717, 1.165) is 18.6 Å². The van der Waals surface area contributed by atoms with Crippen LogP contribution in [0.5, 0.6) is 0 Å². The number of aromatic nitrogens is 1. The molecule has 0 aromatic carbocycles. The van der Waals surface area contributed by atoms with Gasteiger partial charge in [-0.2, -0.15) is 0 Å². The first-order valence-corrected chi connectivity index (χ1v) is 6.96. The van der Waals surface area contributed by atoms with Crippen LogP contribution in [0.3, 0.4) is 0 Å². The van der Waals surface area contributed by atoms with Crippen LogP contribution < -0.4 is 0 Å². The Hall–Kier alpha value is -1.32. The summed E-state index contributed by atoms with van der Waals surface area (Å²) in [6, 6.07) is 2.46. The van der Waals surface area contributed by atoms with Gasteiger partial charge in [0.05, 0.1) is 0 Å². The van der Waals surface area contributed by atoms with E-state index in [1.165, 1.54) is 19.3 Å². The molecule has 1 aliphatic carbocycles. The molecule has 3 rings (SSSR count). The first-order chi connectivity index (χ1) is 8.66. The van der Waals surface area contributed by atoms with Gasteiger partial charge in [0.1, 0.15) is 5.76 Å². The molecule has 4 nitrogen and oxygen atoms in total. The van der Waals surface area contributed by atoms with Gasteiger partial charge in [0.2, 0.25) is 0 Å². The van der Waals surface area contributed by atoms with E-state index in [2.05, 4.69) is 19.0 Å². The molecule has 1 amide bonds. The summed E-state index contributed by atoms with van der Waals surface area (Å²) in [5.41, 5.74) is 0.484. The fourth-order valence-electron chi connectivity index (χ4n) is 2.90. The maximum Gasteiger partial charge on any atom is 0.276 e. The molecule has 98 valence electrons. The molecule has 2 atom stereocenters. The van der Waals surface area contributed by atoms with Gasteiger partial charge >= 0.3 is 0 Å². The molecule has 1 aromatic rings. The summed E-state index contributed by atoms with van der Waals surface area (Å²) in [5, 5.41) is 3.96. The van der Waals surface area contributed by atoms with Gasteiger partial charge in [0, 0.05) is 24.1 Å². The van der Waals surface area contributed by atoms with Crippen molar-refractivity contribution in [3.8, 4) is 0 Å². The van der Waals surface area contributed by atoms with E-state index in [4.69, 9.17) is 4.52 Å². The lowest BCUT2D eigenvalue weighted by atomic mass is 9.97. The smallest absolute Gasteiger partial charge is 0.276 e. The van der Waals surface area contributed by atoms with E-state index in [1.807, 2.05) is 11.0 Å². The monoisotopic (exact) mass is 248 g/mol. The van der Waals surface area contributed by atoms with E-state index in [1.54, 1.807) is 0 Å². The van der Waals surface area contributed by atoms with E-state index in [9.17, 15) is 4.79 Å². The topological polar surface area (TPSA) is 46.3 Å². The van der Waals surface area contributed by atoms with Crippen molar-refractivity contribution >= 4 is 5.91 Å². The van der Waals surface area contributed by atoms with Gasteiger partial charge in [-0.3, -0.25) is 4.79 Å². The second kappa shape index (κ2) is 4.41. The molecule has 1 aliphatic heterocycles. The molecule has 0 spiro atoms. The maximum atomic E-state index is 12.5. The molecule has 0 radical (unpaired) electrons. The van der Waals surface area contributed by atoms with Gasteiger partial charge in [-0.05, 0) is 46.0 Å². The predicted octanol–water partition coefficient (Wildman–Crippen LogP) is 2.96. The van der Waals surface area contributed by atoms with Crippen LogP contribution in [0, 0.1) is 0 Å². The molecule has 2 fully saturated rings. The van der Waals surface area contributed by atoms with Crippen molar-refractivity contribution in [2.24, 2.45) is 0 Å². The van der Waals surface area contributed by atoms with Crippen molar-refractivity contribution in [3.63, 3.8) is 0 Å². The zero-order valence-electron chi connectivity index (χ0n) is 11.1. The lowest BCUT2D eigenvalue weighted by Crippen LogP contribution is -2.47. The summed E-state index contributed by atoms with van der Waals surface area (Å²) in [5.74, 6) is 1.43. The summed E-state index contributed by atoms with van der Waals surface area (Å²) in [7, 11) is 0. The van der Waals surface area contributed by atoms with Crippen LogP contribution in [0.4, 0.5) is 0 Å². The van der Waals surface area contributed by atoms with E-state index >= 15 is 0 Å². The molecular formula is C14H20N2O2. The summed E-state index contributed by atoms with van der Waals surface area (Å²) in [6.07, 6.45) is 5.71. The Kier molecular flexibility index (Phi) is 2.88. The molecule has 4 heteroatoms. The van der Waals surface area contributed by atoms with Crippen LogP contribution in [0.25, 0.3) is 0 Å². The zero-order chi connectivity index (χ0) is 12.7. The highest BCUT2D eigenvalue weighted by Gasteiger charge is 2.33. The number of amides is 1. The second-order valence-electron chi connectivity index (χ2n) is 5.73. The van der Waals surface area contributed by atoms with Gasteiger partial charge in [0.25, 0.3) is 5.91 Å². The highest BCUT2D eigenvalue weighted by atomic mass is 16.5. The van der Waals surface area contributed by atoms with Gasteiger partial charge in [-0.25, -0.2) is 0 Å². The average molecular weight is 248 g/mol. The van der Waals surface area contributed by atoms with Crippen molar-refractivity contribution in [2.75, 3.05) is 0 Å². The molecule has 1 saturated carbocycles. The number of likely N-dealkylation sites (tertiary alicyclic amines) is 1. The third-order valence-electron chi connectivity index (χ3n) is 4.16. The van der Waals surface area contributed by atoms with Crippen LogP contribution in [0.15, 0.2) is 10.6 Å². The summed E-state index contributed by atoms with van der Waals surface area (Å²) >= 11 is 0. The van der Waals surface area contributed by atoms with Gasteiger partial charge in [-0.15, -0.1) is 0 Å². The highest BCUT2D eigenvalue weighted by Crippen LogP contribution is 2.40. The minimum absolute atomic E-state index is 0.0327. The second-order valence-corrected chi connectivity index (χ2v) is 5.73. The molecule has 2 aliphatic rings. The lowest BCUT2D eigenvalue weighted by molar-refractivity contribution is 0.0500. The fraction of sp³-hybridized carbons (Fsp3) is 0.714. The molecule has 0 unspecified atom stereocenters. The average Bonchev–Trinajstić information content (AvgIpc) is 3.07. The maximum absolute atomic E-state index is 12.5. The SMILES string of the molecule is C[C@H]1CCC[C@H](C)N1C(=O)c1cc(C2CC2)on1. The van der Waals surface area contributed by atoms with Crippen molar-refractivity contribution < 1.29 is 9.32 Å². The lowest BCUT2D eigenvalue weighted by Gasteiger charge is -2.38. The van der Waals surface area contributed by atoms with Crippen molar-refractivity contribution in [2.45, 2.75) is 64.0 Å². The minimum Gasteiger partial charge on any atom is -0.360 e. The Morgan fingerprint density at radius 2 is 1.94 bits per heavy atom. The van der Waals surface area contributed by atoms with Crippen molar-refractivity contribution in [1.29, 1.82) is 0 Å². The predicted molar refractivity (Wildman–Crippen MR) is 67.4 cm³/mol. The Bertz CT molecular complexity index is 440. The number of hydrogen-bond donors (Lipinski definition) is 0. The Morgan fingerprint density at radius 1 is 1.28 bits per heavy atom. The van der Waals surface area contributed by atoms with E-state index in [-0.39, 0.29) is 5.91 Å². The first kappa shape index (κ1) is 11.8. The number of carbonyl (C=O) groups excluding carboxylic acids is 1. The third kappa shape index (κ3) is 2.04. The van der Waals surface area contributed by atoms with Gasteiger partial charge in [0.15, 0.2) is 5.69 Å². The van der Waals surface area contributed by atoms with Crippen LogP contribution in [-0.4, -0.2) is 28.0 Å². The van der Waals surface area contributed by atoms with Crippen molar-refractivity contribution in [3.05, 3.63) is 17.5 Å². The quantitative estimate of drug-likeness (QED) is 0.808. The largest absolute Gasteiger partial charge is 0.360 e. The molecule has 1 saturated heterocycles. The number of piperidine rings is 1. The number of hydrogen-bond acceptors (Lipinski definition) is 3. The Labute approximate surface area is 107 Å². The molecular weight excluding hydrogens is 228 g/mol. The van der Waals surface area contributed by atoms with Crippen LogP contribution >= 0.6 is 0 Å². The van der Waals surface area contributed by atoms with Gasteiger partial charge in [-0.1, -0.05) is 5.16 Å². The molecule has 18 heavy (non-hydrogen) atoms. The fourth-order valence-corrected chi connectivity index (χ4v) is 2.90. The minimum atomic E-state index is 0.0327. The third-order valence-corrected chi connectivity index (χ3v) is 4.16. The van der Waals surface area contributed by atoms with Crippen LogP contribution in [0.2, 0.25) is 0 Å². The Morgan fingerprint density at radius 3 is 2.56 bits per heavy atom. The Balaban J connectivity index is 1.79. The normalized spacial score (nSPS) is 28.4. The van der Waals surface area contributed by atoms with Crippen LogP contribution in [0.1, 0.15) is 68.1 Å². The van der Waals surface area contributed by atoms with Crippen LogP contribution in [-0.2, 0) is 0 Å². The summed E-state index contributed by atoms with van der Waals surface area (Å²) < 4.78 is 5.27. The van der Waals surface area contributed by atoms with E-state index in [0.29, 0.717) is 23.7 Å². The summed E-state index contributed by atoms with van der Waals surface area (Å²) in [6.45, 7) is 4.24. The molecule has 0 bridgehead atoms. The standard InChI is InChI=1S/C14H20N2O2/c1-9-4-3-5-10(2)16(9)14(17)12-8-13(18-15-12)11-6-7-11/h8-11H,3-7H2,1-2H3/t9-,10-/m0/s1. The molecule has 0 N–H and O–H groups in total. The van der Waals surface area contributed by atoms with E-state index < -0.39 is 0 Å². The zero-order valence-corrected chi connectivity index (χ0v) is 11.1. The molecule has 2 heterocycles. The first-order valence-electron chi connectivity index (χ1n) is 6.96. The number of rotatable bonds is 2. The van der Waals surface area contributed by atoms with Gasteiger partial charge < -0.3 is 9.42 Å². The number of nitrogens with zero attached hydrogens (tertiary/aromatic N) is 2. The summed E-state index contributed by atoms with van der Waals surface area (Å²) in [4.78, 5) is 14.5. The molecule has 1 aromatic heterocycles. The highest BCUT2D eigenvalue weighted by molar-refractivity contribution is 5.92. The number of carbonyl (C=O) groups is 1. The van der Waals surface area contributed by atoms with Crippen molar-refractivity contribution in [1.82, 2.24) is 10.1 Å².